The number of allylic oxidation sites excluding steroid dienone is 4. The first kappa shape index (κ1) is 39.6. The Labute approximate surface area is 314 Å². The molecule has 6 unspecified atom stereocenters. The number of Topliss-reactive ketones (excluding diaryl/α,β-unsaturated/α-hetero) is 1. The fourth-order valence-electron chi connectivity index (χ4n) is 13.4. The standard InChI is InChI=1S/C20H32O.C20H30O.C2H4O.B.Na.H/c2*1-13-8-10-19(2)14(12-13)4-5-15-16-6-7-18(21)20(16,3)11-9-17(15)19;1-2-3;;;/h4,13,15-18,21H,5-12H2,1-3H3;4,13,15-17H,5-12H2,1-3H3;2H,1H3;;;/q;;;;+1;-1/t13-,15?,16?,17?,18-,19-,20-;13-,15?,16?,17?,19-,20-;;;;/m00..../s1. The molecule has 6 fully saturated rings. The van der Waals surface area contributed by atoms with E-state index in [0.29, 0.717) is 22.5 Å². The minimum atomic E-state index is -0.0342. The van der Waals surface area contributed by atoms with Gasteiger partial charge in [-0.15, -0.1) is 0 Å². The number of aliphatic hydroxyl groups excluding tert-OH is 1. The quantitative estimate of drug-likeness (QED) is 0.173. The van der Waals surface area contributed by atoms with Crippen molar-refractivity contribution in [2.24, 2.45) is 69.0 Å². The fourth-order valence-corrected chi connectivity index (χ4v) is 13.4. The van der Waals surface area contributed by atoms with Gasteiger partial charge in [-0.05, 0) is 167 Å². The SMILES string of the molecule is CC=O.C[C@H]1CC[C@@]2(C)C(=CCC3C2CC[C@@]2(C)C3CC[C@@H]2O)C1.C[C@H]1CC[C@@]2(C)C(=CCC3C2CC[C@]2(C)C(=O)CCC32)C1.[B].[H-].[Na+]. The zero-order chi connectivity index (χ0) is 32.4. The van der Waals surface area contributed by atoms with Gasteiger partial charge in [0.15, 0.2) is 0 Å². The van der Waals surface area contributed by atoms with Gasteiger partial charge >= 0.3 is 29.6 Å². The summed E-state index contributed by atoms with van der Waals surface area (Å²) in [5.74, 6) is 7.19. The van der Waals surface area contributed by atoms with Crippen LogP contribution in [0.5, 0.6) is 0 Å². The van der Waals surface area contributed by atoms with E-state index in [9.17, 15) is 9.90 Å². The molecule has 0 bridgehead atoms. The van der Waals surface area contributed by atoms with E-state index in [1.165, 1.54) is 90.4 Å². The van der Waals surface area contributed by atoms with E-state index in [2.05, 4.69) is 53.7 Å². The van der Waals surface area contributed by atoms with E-state index in [1.807, 2.05) is 0 Å². The zero-order valence-corrected chi connectivity index (χ0v) is 33.6. The van der Waals surface area contributed by atoms with Crippen molar-refractivity contribution in [1.29, 1.82) is 0 Å². The third kappa shape index (κ3) is 6.57. The number of hydrogen-bond acceptors (Lipinski definition) is 3. The Morgan fingerprint density at radius 3 is 1.68 bits per heavy atom. The molecule has 6 saturated carbocycles. The molecule has 0 aromatic rings. The van der Waals surface area contributed by atoms with Crippen LogP contribution >= 0.6 is 0 Å². The monoisotopic (exact) mass is 654 g/mol. The summed E-state index contributed by atoms with van der Waals surface area (Å²) >= 11 is 0. The number of aliphatic hydroxyl groups is 1. The minimum absolute atomic E-state index is 0. The summed E-state index contributed by atoms with van der Waals surface area (Å²) in [5, 5.41) is 10.5. The topological polar surface area (TPSA) is 54.4 Å². The van der Waals surface area contributed by atoms with Gasteiger partial charge in [-0.3, -0.25) is 4.79 Å². The van der Waals surface area contributed by atoms with E-state index < -0.39 is 0 Å². The van der Waals surface area contributed by atoms with Gasteiger partial charge < -0.3 is 11.3 Å². The molecule has 0 saturated heterocycles. The summed E-state index contributed by atoms with van der Waals surface area (Å²) in [5.41, 5.74) is 4.78. The van der Waals surface area contributed by atoms with Crippen LogP contribution in [0.15, 0.2) is 23.3 Å². The van der Waals surface area contributed by atoms with Crippen LogP contribution in [0.2, 0.25) is 0 Å². The van der Waals surface area contributed by atoms with Gasteiger partial charge in [0.25, 0.3) is 0 Å². The number of carbonyl (C=O) groups is 2. The molecule has 257 valence electrons. The smallest absolute Gasteiger partial charge is 1.00 e. The summed E-state index contributed by atoms with van der Waals surface area (Å²) in [6.45, 7) is 16.1. The van der Waals surface area contributed by atoms with E-state index in [0.717, 1.165) is 67.0 Å². The van der Waals surface area contributed by atoms with Crippen LogP contribution in [-0.2, 0) is 9.59 Å². The molecule has 0 aliphatic heterocycles. The summed E-state index contributed by atoms with van der Waals surface area (Å²) < 4.78 is 0. The Morgan fingerprint density at radius 2 is 1.15 bits per heavy atom. The number of rotatable bonds is 0. The molecule has 3 radical (unpaired) electrons. The molecule has 5 heteroatoms. The second-order valence-corrected chi connectivity index (χ2v) is 18.5. The molecular weight excluding hydrogens is 586 g/mol. The molecule has 1 N–H and O–H groups in total. The normalized spacial score (nSPS) is 48.9. The average Bonchev–Trinajstić information content (AvgIpc) is 3.49. The molecule has 0 amide bonds. The second-order valence-electron chi connectivity index (χ2n) is 18.5. The summed E-state index contributed by atoms with van der Waals surface area (Å²) in [7, 11) is 0. The van der Waals surface area contributed by atoms with Crippen molar-refractivity contribution >= 4 is 20.5 Å². The van der Waals surface area contributed by atoms with Gasteiger partial charge in [0.05, 0.1) is 6.10 Å². The van der Waals surface area contributed by atoms with Crippen molar-refractivity contribution in [1.82, 2.24) is 0 Å². The van der Waals surface area contributed by atoms with Crippen LogP contribution < -0.4 is 29.6 Å². The Morgan fingerprint density at radius 1 is 0.702 bits per heavy atom. The number of carbonyl (C=O) groups excluding carboxylic acids is 2. The van der Waals surface area contributed by atoms with E-state index in [-0.39, 0.29) is 56.3 Å². The van der Waals surface area contributed by atoms with Crippen LogP contribution in [0.4, 0.5) is 0 Å². The maximum absolute atomic E-state index is 12.4. The maximum Gasteiger partial charge on any atom is 1.00 e. The number of hydrogen-bond donors (Lipinski definition) is 1. The molecule has 0 spiro atoms. The van der Waals surface area contributed by atoms with Crippen molar-refractivity contribution in [2.75, 3.05) is 0 Å². The summed E-state index contributed by atoms with van der Waals surface area (Å²) in [6, 6.07) is 0. The van der Waals surface area contributed by atoms with Crippen LogP contribution in [-0.4, -0.2) is 31.7 Å². The molecule has 0 aromatic heterocycles. The molecule has 0 heterocycles. The van der Waals surface area contributed by atoms with E-state index in [1.54, 1.807) is 11.1 Å². The molecule has 8 aliphatic rings. The maximum atomic E-state index is 12.4. The van der Waals surface area contributed by atoms with Gasteiger partial charge in [0.2, 0.25) is 0 Å². The average molecular weight is 654 g/mol. The first-order valence-corrected chi connectivity index (χ1v) is 19.3. The third-order valence-corrected chi connectivity index (χ3v) is 16.4. The van der Waals surface area contributed by atoms with Gasteiger partial charge in [-0.25, -0.2) is 0 Å². The first-order valence-electron chi connectivity index (χ1n) is 19.3. The fraction of sp³-hybridized carbons (Fsp3) is 0.857. The predicted octanol–water partition coefficient (Wildman–Crippen LogP) is 7.04. The van der Waals surface area contributed by atoms with Gasteiger partial charge in [0.1, 0.15) is 12.1 Å². The van der Waals surface area contributed by atoms with Crippen LogP contribution in [0.25, 0.3) is 0 Å². The Balaban J connectivity index is 0.000000228. The van der Waals surface area contributed by atoms with Gasteiger partial charge in [0, 0.05) is 20.2 Å². The third-order valence-electron chi connectivity index (χ3n) is 16.4. The van der Waals surface area contributed by atoms with Crippen LogP contribution in [0.1, 0.15) is 153 Å². The summed E-state index contributed by atoms with van der Waals surface area (Å²) in [4.78, 5) is 21.2. The van der Waals surface area contributed by atoms with E-state index >= 15 is 0 Å². The summed E-state index contributed by atoms with van der Waals surface area (Å²) in [6.07, 6.45) is 26.2. The molecular formula is C42H67BNaO3. The predicted molar refractivity (Wildman–Crippen MR) is 191 cm³/mol. The van der Waals surface area contributed by atoms with Crippen molar-refractivity contribution in [3.05, 3.63) is 23.3 Å². The van der Waals surface area contributed by atoms with Gasteiger partial charge in [-0.2, -0.15) is 0 Å². The van der Waals surface area contributed by atoms with Crippen molar-refractivity contribution in [2.45, 2.75) is 157 Å². The molecule has 47 heavy (non-hydrogen) atoms. The Bertz CT molecular complexity index is 1220. The first-order chi connectivity index (χ1) is 21.3. The van der Waals surface area contributed by atoms with Crippen LogP contribution in [0, 0.1) is 69.0 Å². The number of ketones is 1. The Kier molecular flexibility index (Phi) is 12.5. The molecule has 3 nitrogen and oxygen atoms in total. The van der Waals surface area contributed by atoms with Gasteiger partial charge in [-0.1, -0.05) is 64.8 Å². The number of aldehydes is 1. The molecule has 8 aliphatic carbocycles. The molecule has 0 aromatic carbocycles. The van der Waals surface area contributed by atoms with Crippen LogP contribution in [0.3, 0.4) is 0 Å². The van der Waals surface area contributed by atoms with E-state index in [4.69, 9.17) is 4.79 Å². The zero-order valence-electron chi connectivity index (χ0n) is 32.6. The molecule has 13 atom stereocenters. The van der Waals surface area contributed by atoms with Crippen molar-refractivity contribution in [3.63, 3.8) is 0 Å². The van der Waals surface area contributed by atoms with Crippen molar-refractivity contribution in [3.8, 4) is 0 Å². The minimum Gasteiger partial charge on any atom is -1.00 e. The Hall–Kier alpha value is -0.155. The largest absolute Gasteiger partial charge is 1.00 e. The number of fused-ring (bicyclic) bond motifs is 10. The van der Waals surface area contributed by atoms with Crippen molar-refractivity contribution < 1.29 is 45.7 Å². The molecule has 8 rings (SSSR count). The second kappa shape index (κ2) is 14.8.